The highest BCUT2D eigenvalue weighted by molar-refractivity contribution is 5.69. The van der Waals surface area contributed by atoms with E-state index < -0.39 is 0 Å². The zero-order valence-electron chi connectivity index (χ0n) is 12.7. The molecular weight excluding hydrogens is 282 g/mol. The van der Waals surface area contributed by atoms with Gasteiger partial charge in [-0.15, -0.1) is 0 Å². The Labute approximate surface area is 129 Å². The van der Waals surface area contributed by atoms with Crippen molar-refractivity contribution in [2.75, 3.05) is 31.7 Å². The van der Waals surface area contributed by atoms with Gasteiger partial charge in [0.05, 0.1) is 12.2 Å². The molecule has 2 aromatic rings. The second-order valence-corrected chi connectivity index (χ2v) is 5.48. The summed E-state index contributed by atoms with van der Waals surface area (Å²) in [5.74, 6) is 2.00. The minimum absolute atomic E-state index is 0.184. The van der Waals surface area contributed by atoms with Gasteiger partial charge in [-0.3, -0.25) is 0 Å². The standard InChI is InChI=1S/C15H21N5O2/c1-21-9-6-13-18-15(22-19-13)12-5-2-7-17-14(12)20-8-3-4-11(16)10-20/h2,5,7,11H,3-4,6,8-10,16H2,1H3. The summed E-state index contributed by atoms with van der Waals surface area (Å²) in [4.78, 5) is 11.1. The van der Waals surface area contributed by atoms with E-state index >= 15 is 0 Å². The molecule has 7 heteroatoms. The molecule has 3 rings (SSSR count). The van der Waals surface area contributed by atoms with Gasteiger partial charge in [0.25, 0.3) is 5.89 Å². The maximum Gasteiger partial charge on any atom is 0.261 e. The third kappa shape index (κ3) is 3.26. The van der Waals surface area contributed by atoms with Gasteiger partial charge in [-0.05, 0) is 25.0 Å². The summed E-state index contributed by atoms with van der Waals surface area (Å²) in [6.45, 7) is 2.32. The molecule has 1 aliphatic heterocycles. The Balaban J connectivity index is 1.86. The van der Waals surface area contributed by atoms with Crippen molar-refractivity contribution in [2.24, 2.45) is 5.73 Å². The first-order valence-corrected chi connectivity index (χ1v) is 7.55. The van der Waals surface area contributed by atoms with Crippen LogP contribution >= 0.6 is 0 Å². The first kappa shape index (κ1) is 14.9. The Morgan fingerprint density at radius 3 is 3.23 bits per heavy atom. The molecule has 0 spiro atoms. The molecular formula is C15H21N5O2. The smallest absolute Gasteiger partial charge is 0.261 e. The predicted octanol–water partition coefficient (Wildman–Crippen LogP) is 1.25. The van der Waals surface area contributed by atoms with Crippen LogP contribution < -0.4 is 10.6 Å². The number of rotatable bonds is 5. The summed E-state index contributed by atoms with van der Waals surface area (Å²) in [6.07, 6.45) is 4.53. The quantitative estimate of drug-likeness (QED) is 0.888. The van der Waals surface area contributed by atoms with Gasteiger partial charge in [-0.1, -0.05) is 5.16 Å². The monoisotopic (exact) mass is 303 g/mol. The molecule has 1 atom stereocenters. The molecule has 3 heterocycles. The summed E-state index contributed by atoms with van der Waals surface area (Å²) in [7, 11) is 1.65. The largest absolute Gasteiger partial charge is 0.384 e. The van der Waals surface area contributed by atoms with Gasteiger partial charge in [0.1, 0.15) is 5.82 Å². The van der Waals surface area contributed by atoms with Crippen LogP contribution in [0.3, 0.4) is 0 Å². The molecule has 2 N–H and O–H groups in total. The average Bonchev–Trinajstić information content (AvgIpc) is 3.02. The van der Waals surface area contributed by atoms with E-state index in [9.17, 15) is 0 Å². The lowest BCUT2D eigenvalue weighted by atomic mass is 10.1. The SMILES string of the molecule is COCCc1noc(-c2cccnc2N2CCCC(N)C2)n1. The molecule has 0 radical (unpaired) electrons. The predicted molar refractivity (Wildman–Crippen MR) is 82.5 cm³/mol. The molecule has 0 aliphatic carbocycles. The lowest BCUT2D eigenvalue weighted by Gasteiger charge is -2.32. The molecule has 118 valence electrons. The van der Waals surface area contributed by atoms with Gasteiger partial charge < -0.3 is 19.9 Å². The molecule has 0 aromatic carbocycles. The van der Waals surface area contributed by atoms with Crippen LogP contribution in [-0.2, 0) is 11.2 Å². The molecule has 0 bridgehead atoms. The van der Waals surface area contributed by atoms with E-state index in [0.717, 1.165) is 37.3 Å². The molecule has 1 unspecified atom stereocenters. The van der Waals surface area contributed by atoms with Crippen molar-refractivity contribution < 1.29 is 9.26 Å². The van der Waals surface area contributed by atoms with Crippen LogP contribution in [0.1, 0.15) is 18.7 Å². The Bertz CT molecular complexity index is 615. The van der Waals surface area contributed by atoms with Crippen molar-refractivity contribution in [1.29, 1.82) is 0 Å². The Morgan fingerprint density at radius 1 is 1.50 bits per heavy atom. The summed E-state index contributed by atoms with van der Waals surface area (Å²) in [5.41, 5.74) is 6.93. The number of nitrogens with two attached hydrogens (primary N) is 1. The fourth-order valence-electron chi connectivity index (χ4n) is 2.68. The van der Waals surface area contributed by atoms with Gasteiger partial charge in [0, 0.05) is 38.9 Å². The van der Waals surface area contributed by atoms with Crippen molar-refractivity contribution >= 4 is 5.82 Å². The minimum Gasteiger partial charge on any atom is -0.384 e. The molecule has 7 nitrogen and oxygen atoms in total. The molecule has 0 amide bonds. The van der Waals surface area contributed by atoms with Gasteiger partial charge in [0.2, 0.25) is 0 Å². The van der Waals surface area contributed by atoms with Gasteiger partial charge >= 0.3 is 0 Å². The molecule has 1 fully saturated rings. The summed E-state index contributed by atoms with van der Waals surface area (Å²) >= 11 is 0. The first-order valence-electron chi connectivity index (χ1n) is 7.55. The highest BCUT2D eigenvalue weighted by Crippen LogP contribution is 2.29. The third-order valence-corrected chi connectivity index (χ3v) is 3.77. The zero-order valence-corrected chi connectivity index (χ0v) is 12.7. The van der Waals surface area contributed by atoms with E-state index in [1.54, 1.807) is 13.3 Å². The summed E-state index contributed by atoms with van der Waals surface area (Å²) < 4.78 is 10.4. The molecule has 1 saturated heterocycles. The Morgan fingerprint density at radius 2 is 2.41 bits per heavy atom. The highest BCUT2D eigenvalue weighted by atomic mass is 16.5. The maximum atomic E-state index is 6.08. The van der Waals surface area contributed by atoms with E-state index in [2.05, 4.69) is 20.0 Å². The fourth-order valence-corrected chi connectivity index (χ4v) is 2.68. The van der Waals surface area contributed by atoms with Crippen molar-refractivity contribution in [3.05, 3.63) is 24.2 Å². The summed E-state index contributed by atoms with van der Waals surface area (Å²) in [6, 6.07) is 4.02. The van der Waals surface area contributed by atoms with Crippen LogP contribution in [0.5, 0.6) is 0 Å². The van der Waals surface area contributed by atoms with E-state index in [4.69, 9.17) is 15.0 Å². The van der Waals surface area contributed by atoms with Crippen LogP contribution in [0, 0.1) is 0 Å². The second kappa shape index (κ2) is 6.85. The van der Waals surface area contributed by atoms with Crippen molar-refractivity contribution in [3.63, 3.8) is 0 Å². The van der Waals surface area contributed by atoms with Gasteiger partial charge in [-0.2, -0.15) is 4.98 Å². The molecule has 22 heavy (non-hydrogen) atoms. The van der Waals surface area contributed by atoms with Crippen LogP contribution in [0.2, 0.25) is 0 Å². The normalized spacial score (nSPS) is 18.6. The Hall–Kier alpha value is -1.99. The van der Waals surface area contributed by atoms with Gasteiger partial charge in [0.15, 0.2) is 5.82 Å². The number of nitrogens with zero attached hydrogens (tertiary/aromatic N) is 4. The molecule has 1 aliphatic rings. The lowest BCUT2D eigenvalue weighted by Crippen LogP contribution is -2.43. The molecule has 0 saturated carbocycles. The molecule has 2 aromatic heterocycles. The summed E-state index contributed by atoms with van der Waals surface area (Å²) in [5, 5.41) is 3.99. The van der Waals surface area contributed by atoms with E-state index in [-0.39, 0.29) is 6.04 Å². The number of hydrogen-bond acceptors (Lipinski definition) is 7. The Kier molecular flexibility index (Phi) is 4.65. The number of piperidine rings is 1. The van der Waals surface area contributed by atoms with Crippen LogP contribution in [-0.4, -0.2) is 48.0 Å². The first-order chi connectivity index (χ1) is 10.8. The number of aromatic nitrogens is 3. The van der Waals surface area contributed by atoms with Gasteiger partial charge in [-0.25, -0.2) is 4.98 Å². The zero-order chi connectivity index (χ0) is 15.4. The van der Waals surface area contributed by atoms with Crippen LogP contribution in [0.15, 0.2) is 22.9 Å². The highest BCUT2D eigenvalue weighted by Gasteiger charge is 2.22. The van der Waals surface area contributed by atoms with Crippen molar-refractivity contribution in [1.82, 2.24) is 15.1 Å². The second-order valence-electron chi connectivity index (χ2n) is 5.48. The number of methoxy groups -OCH3 is 1. The topological polar surface area (TPSA) is 90.3 Å². The maximum absolute atomic E-state index is 6.08. The van der Waals surface area contributed by atoms with Crippen LogP contribution in [0.25, 0.3) is 11.5 Å². The van der Waals surface area contributed by atoms with Crippen molar-refractivity contribution in [3.8, 4) is 11.5 Å². The number of hydrogen-bond donors (Lipinski definition) is 1. The number of anilines is 1. The fraction of sp³-hybridized carbons (Fsp3) is 0.533. The van der Waals surface area contributed by atoms with Crippen LogP contribution in [0.4, 0.5) is 5.82 Å². The number of ether oxygens (including phenoxy) is 1. The average molecular weight is 303 g/mol. The van der Waals surface area contributed by atoms with E-state index in [0.29, 0.717) is 24.7 Å². The van der Waals surface area contributed by atoms with E-state index in [1.807, 2.05) is 12.1 Å². The lowest BCUT2D eigenvalue weighted by molar-refractivity contribution is 0.199. The third-order valence-electron chi connectivity index (χ3n) is 3.77. The van der Waals surface area contributed by atoms with Crippen molar-refractivity contribution in [2.45, 2.75) is 25.3 Å². The minimum atomic E-state index is 0.184. The number of pyridine rings is 1. The van der Waals surface area contributed by atoms with E-state index in [1.165, 1.54) is 0 Å².